The van der Waals surface area contributed by atoms with Gasteiger partial charge in [0.25, 0.3) is 0 Å². The van der Waals surface area contributed by atoms with E-state index in [1.165, 1.54) is 0 Å². The molecular formula is C18H22N2O5S. The Kier molecular flexibility index (Phi) is 6.03. The van der Waals surface area contributed by atoms with Crippen LogP contribution in [0.3, 0.4) is 0 Å². The fourth-order valence-electron chi connectivity index (χ4n) is 3.32. The monoisotopic (exact) mass is 378 g/mol. The molecule has 2 aliphatic rings. The van der Waals surface area contributed by atoms with E-state index in [-0.39, 0.29) is 17.7 Å². The Balaban J connectivity index is 1.62. The minimum absolute atomic E-state index is 0.0525. The zero-order valence-corrected chi connectivity index (χ0v) is 15.2. The number of hydrogen-bond acceptors (Lipinski definition) is 5. The Hall–Kier alpha value is -2.22. The van der Waals surface area contributed by atoms with E-state index < -0.39 is 18.6 Å². The number of amides is 2. The van der Waals surface area contributed by atoms with E-state index in [0.29, 0.717) is 23.1 Å². The summed E-state index contributed by atoms with van der Waals surface area (Å²) in [5.41, 5.74) is 0.517. The maximum absolute atomic E-state index is 12.7. The van der Waals surface area contributed by atoms with E-state index in [4.69, 9.17) is 9.84 Å². The van der Waals surface area contributed by atoms with Crippen molar-refractivity contribution in [2.45, 2.75) is 31.7 Å². The lowest BCUT2D eigenvalue weighted by Crippen LogP contribution is -2.46. The van der Waals surface area contributed by atoms with Crippen molar-refractivity contribution in [2.75, 3.05) is 23.6 Å². The van der Waals surface area contributed by atoms with Crippen LogP contribution in [0.25, 0.3) is 0 Å². The summed E-state index contributed by atoms with van der Waals surface area (Å²) in [5.74, 6) is 0.349. The van der Waals surface area contributed by atoms with Gasteiger partial charge in [-0.15, -0.1) is 11.8 Å². The third-order valence-corrected chi connectivity index (χ3v) is 5.65. The lowest BCUT2D eigenvalue weighted by Gasteiger charge is -2.25. The van der Waals surface area contributed by atoms with Crippen LogP contribution in [0, 0.1) is 5.92 Å². The molecule has 8 heteroatoms. The molecule has 0 aromatic heterocycles. The van der Waals surface area contributed by atoms with Gasteiger partial charge >= 0.3 is 5.97 Å². The number of carbonyl (C=O) groups is 3. The Morgan fingerprint density at radius 3 is 2.77 bits per heavy atom. The van der Waals surface area contributed by atoms with Gasteiger partial charge in [-0.2, -0.15) is 0 Å². The first-order chi connectivity index (χ1) is 12.5. The average Bonchev–Trinajstić information content (AvgIpc) is 3.31. The number of carboxylic acid groups (broad SMARTS) is 1. The van der Waals surface area contributed by atoms with Gasteiger partial charge < -0.3 is 20.1 Å². The molecule has 1 saturated heterocycles. The molecule has 140 valence electrons. The number of anilines is 1. The van der Waals surface area contributed by atoms with E-state index >= 15 is 0 Å². The van der Waals surface area contributed by atoms with Crippen molar-refractivity contribution in [2.24, 2.45) is 5.92 Å². The molecule has 1 atom stereocenters. The first kappa shape index (κ1) is 18.6. The summed E-state index contributed by atoms with van der Waals surface area (Å²) in [6.45, 7) is -0.444. The molecule has 3 rings (SSSR count). The fraction of sp³-hybridized carbons (Fsp3) is 0.500. The van der Waals surface area contributed by atoms with E-state index in [1.54, 1.807) is 40.9 Å². The lowest BCUT2D eigenvalue weighted by molar-refractivity contribution is -0.139. The highest BCUT2D eigenvalue weighted by atomic mass is 32.2. The van der Waals surface area contributed by atoms with Gasteiger partial charge in [0.05, 0.1) is 5.88 Å². The maximum Gasteiger partial charge on any atom is 0.341 e. The van der Waals surface area contributed by atoms with Crippen molar-refractivity contribution in [1.82, 2.24) is 4.90 Å². The zero-order valence-electron chi connectivity index (χ0n) is 14.3. The Morgan fingerprint density at radius 1 is 1.27 bits per heavy atom. The lowest BCUT2D eigenvalue weighted by atomic mass is 10.1. The molecular weight excluding hydrogens is 356 g/mol. The number of carbonyl (C=O) groups excluding carboxylic acids is 2. The van der Waals surface area contributed by atoms with Gasteiger partial charge in [0.1, 0.15) is 11.8 Å². The van der Waals surface area contributed by atoms with Crippen molar-refractivity contribution < 1.29 is 24.2 Å². The summed E-state index contributed by atoms with van der Waals surface area (Å²) < 4.78 is 5.12. The number of ether oxygens (including phenoxy) is 1. The number of nitrogens with zero attached hydrogens (tertiary/aromatic N) is 1. The largest absolute Gasteiger partial charge is 0.482 e. The Bertz CT molecular complexity index is 690. The molecule has 1 aliphatic carbocycles. The van der Waals surface area contributed by atoms with Crippen LogP contribution in [0.5, 0.6) is 5.75 Å². The van der Waals surface area contributed by atoms with Crippen LogP contribution in [0.1, 0.15) is 25.7 Å². The summed E-state index contributed by atoms with van der Waals surface area (Å²) in [6, 6.07) is 6.11. The first-order valence-electron chi connectivity index (χ1n) is 8.68. The minimum atomic E-state index is -1.07. The predicted molar refractivity (Wildman–Crippen MR) is 98.1 cm³/mol. The van der Waals surface area contributed by atoms with E-state index in [1.807, 2.05) is 0 Å². The summed E-state index contributed by atoms with van der Waals surface area (Å²) in [6.07, 6.45) is 3.99. The van der Waals surface area contributed by atoms with Gasteiger partial charge in [0.15, 0.2) is 6.61 Å². The highest BCUT2D eigenvalue weighted by Gasteiger charge is 2.38. The van der Waals surface area contributed by atoms with Crippen LogP contribution in [-0.2, 0) is 14.4 Å². The van der Waals surface area contributed by atoms with Gasteiger partial charge in [0, 0.05) is 23.4 Å². The molecule has 7 nitrogen and oxygen atoms in total. The van der Waals surface area contributed by atoms with Crippen LogP contribution in [0.15, 0.2) is 24.3 Å². The van der Waals surface area contributed by atoms with E-state index in [2.05, 4.69) is 5.32 Å². The highest BCUT2D eigenvalue weighted by molar-refractivity contribution is 7.99. The number of rotatable bonds is 6. The Morgan fingerprint density at radius 2 is 2.04 bits per heavy atom. The average molecular weight is 378 g/mol. The molecule has 1 aromatic carbocycles. The molecule has 1 unspecified atom stereocenters. The van der Waals surface area contributed by atoms with Gasteiger partial charge in [-0.1, -0.05) is 18.9 Å². The smallest absolute Gasteiger partial charge is 0.341 e. The molecule has 2 amide bonds. The summed E-state index contributed by atoms with van der Waals surface area (Å²) in [4.78, 5) is 37.6. The molecule has 1 aliphatic heterocycles. The van der Waals surface area contributed by atoms with E-state index in [0.717, 1.165) is 25.7 Å². The van der Waals surface area contributed by atoms with Gasteiger partial charge in [-0.3, -0.25) is 9.59 Å². The molecule has 1 saturated carbocycles. The number of aliphatic carboxylic acids is 1. The summed E-state index contributed by atoms with van der Waals surface area (Å²) in [7, 11) is 0. The van der Waals surface area contributed by atoms with E-state index in [9.17, 15) is 14.4 Å². The second kappa shape index (κ2) is 8.44. The maximum atomic E-state index is 12.7. The molecule has 2 N–H and O–H groups in total. The third kappa shape index (κ3) is 4.49. The third-order valence-electron chi connectivity index (χ3n) is 4.64. The molecule has 26 heavy (non-hydrogen) atoms. The summed E-state index contributed by atoms with van der Waals surface area (Å²) in [5, 5.41) is 11.5. The molecule has 0 radical (unpaired) electrons. The Labute approximate surface area is 156 Å². The van der Waals surface area contributed by atoms with Gasteiger partial charge in [-0.05, 0) is 25.0 Å². The fourth-order valence-corrected chi connectivity index (χ4v) is 4.48. The number of carboxylic acids is 1. The van der Waals surface area contributed by atoms with Crippen LogP contribution >= 0.6 is 11.8 Å². The highest BCUT2D eigenvalue weighted by Crippen LogP contribution is 2.31. The summed E-state index contributed by atoms with van der Waals surface area (Å²) >= 11 is 1.59. The second-order valence-corrected chi connectivity index (χ2v) is 7.50. The number of benzene rings is 1. The van der Waals surface area contributed by atoms with Crippen molar-refractivity contribution in [1.29, 1.82) is 0 Å². The molecule has 2 fully saturated rings. The van der Waals surface area contributed by atoms with Crippen molar-refractivity contribution in [3.63, 3.8) is 0 Å². The normalized spacial score (nSPS) is 20.2. The first-order valence-corrected chi connectivity index (χ1v) is 9.84. The quantitative estimate of drug-likeness (QED) is 0.788. The van der Waals surface area contributed by atoms with Crippen molar-refractivity contribution in [3.8, 4) is 5.75 Å². The van der Waals surface area contributed by atoms with Crippen LogP contribution in [0.4, 0.5) is 5.69 Å². The van der Waals surface area contributed by atoms with Crippen molar-refractivity contribution in [3.05, 3.63) is 24.3 Å². The second-order valence-electron chi connectivity index (χ2n) is 6.50. The number of nitrogens with one attached hydrogen (secondary N) is 1. The van der Waals surface area contributed by atoms with Crippen LogP contribution in [-0.4, -0.2) is 52.1 Å². The van der Waals surface area contributed by atoms with Crippen LogP contribution in [0.2, 0.25) is 0 Å². The standard InChI is InChI=1S/C18H22N2O5S/c21-16(22)9-25-14-7-3-6-13(8-14)19-17(23)15-10-26-11-20(15)18(24)12-4-1-2-5-12/h3,6-8,12,15H,1-2,4-5,9-11H2,(H,19,23)(H,21,22). The van der Waals surface area contributed by atoms with Crippen LogP contribution < -0.4 is 10.1 Å². The molecule has 1 heterocycles. The predicted octanol–water partition coefficient (Wildman–Crippen LogP) is 2.18. The molecule has 1 aromatic rings. The zero-order chi connectivity index (χ0) is 18.5. The molecule has 0 bridgehead atoms. The van der Waals surface area contributed by atoms with Gasteiger partial charge in [-0.25, -0.2) is 4.79 Å². The minimum Gasteiger partial charge on any atom is -0.482 e. The number of hydrogen-bond donors (Lipinski definition) is 2. The molecule has 0 spiro atoms. The SMILES string of the molecule is O=C(O)COc1cccc(NC(=O)C2CSCN2C(=O)C2CCCC2)c1. The number of thioether (sulfide) groups is 1. The topological polar surface area (TPSA) is 95.9 Å². The van der Waals surface area contributed by atoms with Crippen molar-refractivity contribution >= 4 is 35.2 Å². The van der Waals surface area contributed by atoms with Gasteiger partial charge in [0.2, 0.25) is 11.8 Å².